The molecular formula is C21H25FN2O2S. The molecule has 1 aromatic heterocycles. The maximum atomic E-state index is 13.1. The van der Waals surface area contributed by atoms with Crippen molar-refractivity contribution in [3.8, 4) is 0 Å². The van der Waals surface area contributed by atoms with E-state index in [4.69, 9.17) is 4.74 Å². The van der Waals surface area contributed by atoms with E-state index in [1.807, 2.05) is 29.4 Å². The van der Waals surface area contributed by atoms with Gasteiger partial charge in [0.15, 0.2) is 0 Å². The lowest BCUT2D eigenvalue weighted by atomic mass is 9.93. The number of rotatable bonds is 7. The van der Waals surface area contributed by atoms with Gasteiger partial charge < -0.3 is 9.64 Å². The van der Waals surface area contributed by atoms with Crippen molar-refractivity contribution in [2.45, 2.75) is 30.9 Å². The topological polar surface area (TPSA) is 42.4 Å². The Labute approximate surface area is 164 Å². The van der Waals surface area contributed by atoms with Crippen LogP contribution in [0.4, 0.5) is 4.39 Å². The summed E-state index contributed by atoms with van der Waals surface area (Å²) in [7, 11) is 0. The van der Waals surface area contributed by atoms with E-state index < -0.39 is 0 Å². The molecule has 1 aromatic carbocycles. The van der Waals surface area contributed by atoms with Gasteiger partial charge in [0, 0.05) is 25.9 Å². The molecule has 6 heteroatoms. The molecule has 2 heterocycles. The van der Waals surface area contributed by atoms with E-state index in [9.17, 15) is 9.18 Å². The summed E-state index contributed by atoms with van der Waals surface area (Å²) in [6.07, 6.45) is 6.61. The third kappa shape index (κ3) is 5.53. The first-order valence-electron chi connectivity index (χ1n) is 9.28. The van der Waals surface area contributed by atoms with Crippen molar-refractivity contribution in [2.75, 3.05) is 26.0 Å². The zero-order chi connectivity index (χ0) is 19.1. The van der Waals surface area contributed by atoms with Crippen molar-refractivity contribution in [1.82, 2.24) is 9.88 Å². The van der Waals surface area contributed by atoms with Crippen LogP contribution in [0.3, 0.4) is 0 Å². The van der Waals surface area contributed by atoms with Gasteiger partial charge in [-0.15, -0.1) is 11.8 Å². The first-order valence-corrected chi connectivity index (χ1v) is 10.5. The quantitative estimate of drug-likeness (QED) is 0.521. The van der Waals surface area contributed by atoms with Crippen LogP contribution in [0.2, 0.25) is 0 Å². The number of thioether (sulfide) groups is 1. The first-order chi connectivity index (χ1) is 13.2. The SMILES string of the molecule is CSc1ncccc1C(=O)N1CCC(CCOCc2cccc(F)c2)CC1. The largest absolute Gasteiger partial charge is 0.377 e. The average molecular weight is 389 g/mol. The minimum Gasteiger partial charge on any atom is -0.377 e. The average Bonchev–Trinajstić information content (AvgIpc) is 2.71. The van der Waals surface area contributed by atoms with Crippen LogP contribution in [0.15, 0.2) is 47.6 Å². The minimum atomic E-state index is -0.230. The number of halogens is 1. The molecule has 0 atom stereocenters. The van der Waals surface area contributed by atoms with Crippen molar-refractivity contribution in [1.29, 1.82) is 0 Å². The predicted octanol–water partition coefficient (Wildman–Crippen LogP) is 4.40. The number of nitrogens with zero attached hydrogens (tertiary/aromatic N) is 2. The van der Waals surface area contributed by atoms with Crippen molar-refractivity contribution in [3.05, 3.63) is 59.5 Å². The summed E-state index contributed by atoms with van der Waals surface area (Å²) in [5.74, 6) is 0.412. The molecule has 2 aromatic rings. The summed E-state index contributed by atoms with van der Waals surface area (Å²) in [5, 5.41) is 0.787. The van der Waals surface area contributed by atoms with Crippen LogP contribution in [0.1, 0.15) is 35.2 Å². The molecule has 1 aliphatic heterocycles. The number of ether oxygens (including phenoxy) is 1. The summed E-state index contributed by atoms with van der Waals surface area (Å²) in [5.41, 5.74) is 1.55. The molecule has 1 amide bonds. The van der Waals surface area contributed by atoms with Gasteiger partial charge in [-0.3, -0.25) is 4.79 Å². The first kappa shape index (κ1) is 19.8. The third-order valence-electron chi connectivity index (χ3n) is 4.92. The van der Waals surface area contributed by atoms with E-state index >= 15 is 0 Å². The van der Waals surface area contributed by atoms with E-state index in [1.165, 1.54) is 23.9 Å². The van der Waals surface area contributed by atoms with Gasteiger partial charge in [0.2, 0.25) is 0 Å². The van der Waals surface area contributed by atoms with Crippen molar-refractivity contribution < 1.29 is 13.9 Å². The van der Waals surface area contributed by atoms with Gasteiger partial charge in [-0.2, -0.15) is 0 Å². The molecule has 3 rings (SSSR count). The Morgan fingerprint density at radius 1 is 1.30 bits per heavy atom. The Bertz CT molecular complexity index is 763. The fourth-order valence-corrected chi connectivity index (χ4v) is 3.92. The Kier molecular flexibility index (Phi) is 7.24. The summed E-state index contributed by atoms with van der Waals surface area (Å²) in [6, 6.07) is 10.2. The Morgan fingerprint density at radius 2 is 2.11 bits per heavy atom. The molecule has 0 radical (unpaired) electrons. The molecular weight excluding hydrogens is 363 g/mol. The van der Waals surface area contributed by atoms with E-state index in [-0.39, 0.29) is 11.7 Å². The number of benzene rings is 1. The number of hydrogen-bond acceptors (Lipinski definition) is 4. The number of carbonyl (C=O) groups is 1. The van der Waals surface area contributed by atoms with Crippen molar-refractivity contribution >= 4 is 17.7 Å². The highest BCUT2D eigenvalue weighted by Crippen LogP contribution is 2.24. The number of hydrogen-bond donors (Lipinski definition) is 0. The Morgan fingerprint density at radius 3 is 2.85 bits per heavy atom. The minimum absolute atomic E-state index is 0.0771. The zero-order valence-corrected chi connectivity index (χ0v) is 16.4. The monoisotopic (exact) mass is 388 g/mol. The second kappa shape index (κ2) is 9.85. The number of pyridine rings is 1. The van der Waals surface area contributed by atoms with Crippen LogP contribution >= 0.6 is 11.8 Å². The fraction of sp³-hybridized carbons (Fsp3) is 0.429. The second-order valence-corrected chi connectivity index (χ2v) is 7.56. The van der Waals surface area contributed by atoms with Crippen LogP contribution in [0, 0.1) is 11.7 Å². The van der Waals surface area contributed by atoms with Gasteiger partial charge in [0.05, 0.1) is 12.2 Å². The van der Waals surface area contributed by atoms with Gasteiger partial charge in [-0.1, -0.05) is 12.1 Å². The summed E-state index contributed by atoms with van der Waals surface area (Å²) in [4.78, 5) is 19.0. The van der Waals surface area contributed by atoms with E-state index in [0.717, 1.165) is 42.9 Å². The standard InChI is InChI=1S/C21H25FN2O2S/c1-27-20-19(6-3-10-23-20)21(25)24-11-7-16(8-12-24)9-13-26-15-17-4-2-5-18(22)14-17/h2-6,10,14,16H,7-9,11-13,15H2,1H3. The smallest absolute Gasteiger partial charge is 0.256 e. The highest BCUT2D eigenvalue weighted by Gasteiger charge is 2.25. The molecule has 0 aliphatic carbocycles. The van der Waals surface area contributed by atoms with Gasteiger partial charge in [-0.25, -0.2) is 9.37 Å². The molecule has 0 saturated carbocycles. The van der Waals surface area contributed by atoms with E-state index in [2.05, 4.69) is 4.98 Å². The lowest BCUT2D eigenvalue weighted by Crippen LogP contribution is -2.39. The van der Waals surface area contributed by atoms with Gasteiger partial charge in [-0.05, 0) is 61.3 Å². The van der Waals surface area contributed by atoms with Crippen LogP contribution < -0.4 is 0 Å². The maximum Gasteiger partial charge on any atom is 0.256 e. The number of carbonyl (C=O) groups excluding carboxylic acids is 1. The van der Waals surface area contributed by atoms with Crippen LogP contribution in [-0.4, -0.2) is 41.7 Å². The Hall–Kier alpha value is -1.92. The highest BCUT2D eigenvalue weighted by atomic mass is 32.2. The summed E-state index contributed by atoms with van der Waals surface area (Å²) >= 11 is 1.50. The van der Waals surface area contributed by atoms with Gasteiger partial charge in [0.1, 0.15) is 10.8 Å². The van der Waals surface area contributed by atoms with Crippen molar-refractivity contribution in [2.24, 2.45) is 5.92 Å². The van der Waals surface area contributed by atoms with Gasteiger partial charge >= 0.3 is 0 Å². The van der Waals surface area contributed by atoms with Crippen molar-refractivity contribution in [3.63, 3.8) is 0 Å². The molecule has 144 valence electrons. The highest BCUT2D eigenvalue weighted by molar-refractivity contribution is 7.98. The number of amides is 1. The zero-order valence-electron chi connectivity index (χ0n) is 15.6. The normalized spacial score (nSPS) is 15.1. The predicted molar refractivity (Wildman–Crippen MR) is 105 cm³/mol. The summed E-state index contributed by atoms with van der Waals surface area (Å²) in [6.45, 7) is 2.65. The molecule has 0 spiro atoms. The fourth-order valence-electron chi connectivity index (χ4n) is 3.38. The van der Waals surface area contributed by atoms with Crippen LogP contribution in [-0.2, 0) is 11.3 Å². The lowest BCUT2D eigenvalue weighted by Gasteiger charge is -2.32. The number of likely N-dealkylation sites (tertiary alicyclic amines) is 1. The number of aromatic nitrogens is 1. The molecule has 1 saturated heterocycles. The lowest BCUT2D eigenvalue weighted by molar-refractivity contribution is 0.0635. The molecule has 1 fully saturated rings. The molecule has 4 nitrogen and oxygen atoms in total. The molecule has 1 aliphatic rings. The van der Waals surface area contributed by atoms with E-state index in [0.29, 0.717) is 24.7 Å². The second-order valence-electron chi connectivity index (χ2n) is 6.77. The third-order valence-corrected chi connectivity index (χ3v) is 5.64. The molecule has 27 heavy (non-hydrogen) atoms. The summed E-state index contributed by atoms with van der Waals surface area (Å²) < 4.78 is 18.8. The molecule has 0 N–H and O–H groups in total. The number of piperidine rings is 1. The maximum absolute atomic E-state index is 13.1. The Balaban J connectivity index is 1.40. The van der Waals surface area contributed by atoms with Gasteiger partial charge in [0.25, 0.3) is 5.91 Å². The molecule has 0 bridgehead atoms. The van der Waals surface area contributed by atoms with E-state index in [1.54, 1.807) is 12.3 Å². The molecule has 0 unspecified atom stereocenters. The van der Waals surface area contributed by atoms with Crippen LogP contribution in [0.5, 0.6) is 0 Å². The van der Waals surface area contributed by atoms with Crippen LogP contribution in [0.25, 0.3) is 0 Å².